The average molecular weight is 358 g/mol. The van der Waals surface area contributed by atoms with Crippen molar-refractivity contribution < 1.29 is 0 Å². The van der Waals surface area contributed by atoms with Gasteiger partial charge in [-0.05, 0) is 36.8 Å². The molecule has 2 aromatic heterocycles. The van der Waals surface area contributed by atoms with Gasteiger partial charge in [0, 0.05) is 5.02 Å². The van der Waals surface area contributed by atoms with Crippen molar-refractivity contribution in [2.75, 3.05) is 11.1 Å². The lowest BCUT2D eigenvalue weighted by molar-refractivity contribution is 1.19. The highest BCUT2D eigenvalue weighted by Crippen LogP contribution is 2.34. The van der Waals surface area contributed by atoms with Gasteiger partial charge in [-0.15, -0.1) is 0 Å². The van der Waals surface area contributed by atoms with Crippen molar-refractivity contribution >= 4 is 56.9 Å². The number of fused-ring (bicyclic) bond motifs is 3. The minimum Gasteiger partial charge on any atom is -0.397 e. The van der Waals surface area contributed by atoms with Gasteiger partial charge >= 0.3 is 0 Å². The summed E-state index contributed by atoms with van der Waals surface area (Å²) in [7, 11) is 0. The van der Waals surface area contributed by atoms with Crippen molar-refractivity contribution in [3.8, 4) is 0 Å². The molecular formula is C17H13Cl2N5. The molecule has 4 aromatic rings. The molecule has 0 bridgehead atoms. The molecule has 0 aliphatic carbocycles. The Hall–Kier alpha value is -2.50. The summed E-state index contributed by atoms with van der Waals surface area (Å²) >= 11 is 12.4. The van der Waals surface area contributed by atoms with Crippen molar-refractivity contribution in [1.82, 2.24) is 14.4 Å². The highest BCUT2D eigenvalue weighted by molar-refractivity contribution is 6.36. The predicted molar refractivity (Wildman–Crippen MR) is 99.4 cm³/mol. The Labute approximate surface area is 148 Å². The first-order chi connectivity index (χ1) is 11.5. The Kier molecular flexibility index (Phi) is 3.48. The minimum absolute atomic E-state index is 0.534. The fourth-order valence-electron chi connectivity index (χ4n) is 2.80. The highest BCUT2D eigenvalue weighted by atomic mass is 35.5. The molecule has 0 aliphatic rings. The van der Waals surface area contributed by atoms with Crippen LogP contribution in [0.25, 0.3) is 16.6 Å². The Morgan fingerprint density at radius 2 is 2.04 bits per heavy atom. The summed E-state index contributed by atoms with van der Waals surface area (Å²) in [6.45, 7) is 1.94. The van der Waals surface area contributed by atoms with Gasteiger partial charge in [0.15, 0.2) is 5.82 Å². The molecule has 0 saturated carbocycles. The van der Waals surface area contributed by atoms with Gasteiger partial charge in [0.2, 0.25) is 0 Å². The monoisotopic (exact) mass is 357 g/mol. The lowest BCUT2D eigenvalue weighted by atomic mass is 10.2. The third kappa shape index (κ3) is 2.33. The number of para-hydroxylation sites is 1. The van der Waals surface area contributed by atoms with Crippen LogP contribution in [-0.2, 0) is 0 Å². The number of nitrogens with one attached hydrogen (secondary N) is 1. The summed E-state index contributed by atoms with van der Waals surface area (Å²) in [4.78, 5) is 8.92. The van der Waals surface area contributed by atoms with Crippen LogP contribution in [0.4, 0.5) is 17.2 Å². The zero-order valence-electron chi connectivity index (χ0n) is 12.7. The zero-order chi connectivity index (χ0) is 16.8. The van der Waals surface area contributed by atoms with Crippen LogP contribution in [0.3, 0.4) is 0 Å². The first-order valence-electron chi connectivity index (χ1n) is 7.27. The van der Waals surface area contributed by atoms with Crippen LogP contribution in [0.1, 0.15) is 5.56 Å². The van der Waals surface area contributed by atoms with Gasteiger partial charge in [0.05, 0.1) is 40.0 Å². The second-order valence-electron chi connectivity index (χ2n) is 5.53. The maximum atomic E-state index is 6.34. The molecular weight excluding hydrogens is 345 g/mol. The molecule has 0 amide bonds. The average Bonchev–Trinajstić information content (AvgIpc) is 3.00. The van der Waals surface area contributed by atoms with Gasteiger partial charge in [0.25, 0.3) is 0 Å². The molecule has 3 N–H and O–H groups in total. The van der Waals surface area contributed by atoms with E-state index in [1.807, 2.05) is 35.6 Å². The van der Waals surface area contributed by atoms with E-state index in [-0.39, 0.29) is 0 Å². The van der Waals surface area contributed by atoms with Crippen molar-refractivity contribution in [2.45, 2.75) is 6.92 Å². The van der Waals surface area contributed by atoms with Crippen molar-refractivity contribution in [3.63, 3.8) is 0 Å². The number of imidazole rings is 1. The molecule has 0 unspecified atom stereocenters. The van der Waals surface area contributed by atoms with Gasteiger partial charge in [0.1, 0.15) is 5.52 Å². The van der Waals surface area contributed by atoms with Gasteiger partial charge in [-0.3, -0.25) is 4.40 Å². The van der Waals surface area contributed by atoms with E-state index in [0.717, 1.165) is 27.8 Å². The molecule has 0 aliphatic heterocycles. The summed E-state index contributed by atoms with van der Waals surface area (Å²) < 4.78 is 1.92. The van der Waals surface area contributed by atoms with Gasteiger partial charge in [-0.25, -0.2) is 9.97 Å². The Morgan fingerprint density at radius 1 is 1.21 bits per heavy atom. The van der Waals surface area contributed by atoms with Crippen LogP contribution in [0.15, 0.2) is 42.9 Å². The smallest absolute Gasteiger partial charge is 0.157 e. The Morgan fingerprint density at radius 3 is 2.83 bits per heavy atom. The topological polar surface area (TPSA) is 68.2 Å². The number of rotatable bonds is 2. The number of hydrogen-bond acceptors (Lipinski definition) is 4. The number of aryl methyl sites for hydroxylation is 1. The molecule has 7 heteroatoms. The molecule has 4 rings (SSSR count). The number of nitrogen functional groups attached to an aromatic ring is 1. The standard InChI is InChI=1S/C17H13Cl2N5/c1-9-5-10(18)6-11(19)15(9)23-17-14-7-21-8-24(14)16-12(20)3-2-4-13(16)22-17/h2-8H,20H2,1H3,(H,22,23). The molecule has 2 aromatic carbocycles. The highest BCUT2D eigenvalue weighted by Gasteiger charge is 2.13. The minimum atomic E-state index is 0.534. The number of benzene rings is 2. The van der Waals surface area contributed by atoms with Crippen LogP contribution in [0, 0.1) is 6.92 Å². The molecule has 0 radical (unpaired) electrons. The molecule has 120 valence electrons. The quantitative estimate of drug-likeness (QED) is 0.504. The molecule has 0 saturated heterocycles. The van der Waals surface area contributed by atoms with Gasteiger partial charge < -0.3 is 11.1 Å². The van der Waals surface area contributed by atoms with E-state index in [9.17, 15) is 0 Å². The summed E-state index contributed by atoms with van der Waals surface area (Å²) in [5, 5.41) is 4.43. The summed E-state index contributed by atoms with van der Waals surface area (Å²) in [6.07, 6.45) is 3.46. The van der Waals surface area contributed by atoms with Crippen LogP contribution in [-0.4, -0.2) is 14.4 Å². The lowest BCUT2D eigenvalue weighted by Crippen LogP contribution is -2.02. The number of halogens is 2. The largest absolute Gasteiger partial charge is 0.397 e. The predicted octanol–water partition coefficient (Wildman–Crippen LogP) is 4.82. The number of hydrogen-bond donors (Lipinski definition) is 2. The summed E-state index contributed by atoms with van der Waals surface area (Å²) in [6, 6.07) is 9.18. The van der Waals surface area contributed by atoms with E-state index in [2.05, 4.69) is 10.3 Å². The van der Waals surface area contributed by atoms with E-state index in [0.29, 0.717) is 21.6 Å². The SMILES string of the molecule is Cc1cc(Cl)cc(Cl)c1Nc1nc2cccc(N)c2n2cncc12. The third-order valence-corrected chi connectivity index (χ3v) is 4.41. The van der Waals surface area contributed by atoms with Gasteiger partial charge in [-0.2, -0.15) is 0 Å². The molecule has 0 fully saturated rings. The zero-order valence-corrected chi connectivity index (χ0v) is 14.2. The van der Waals surface area contributed by atoms with E-state index in [1.54, 1.807) is 18.6 Å². The van der Waals surface area contributed by atoms with E-state index in [4.69, 9.17) is 33.9 Å². The fourth-order valence-corrected chi connectivity index (χ4v) is 3.44. The molecule has 24 heavy (non-hydrogen) atoms. The van der Waals surface area contributed by atoms with Crippen LogP contribution in [0.5, 0.6) is 0 Å². The Bertz CT molecular complexity index is 1060. The van der Waals surface area contributed by atoms with Crippen LogP contribution < -0.4 is 11.1 Å². The molecule has 5 nitrogen and oxygen atoms in total. The molecule has 0 atom stereocenters. The number of anilines is 3. The van der Waals surface area contributed by atoms with Crippen LogP contribution >= 0.6 is 23.2 Å². The second-order valence-corrected chi connectivity index (χ2v) is 6.37. The first-order valence-corrected chi connectivity index (χ1v) is 8.03. The van der Waals surface area contributed by atoms with Crippen LogP contribution in [0.2, 0.25) is 10.0 Å². The van der Waals surface area contributed by atoms with E-state index >= 15 is 0 Å². The second kappa shape index (κ2) is 5.54. The summed E-state index contributed by atoms with van der Waals surface area (Å²) in [5.74, 6) is 0.651. The van der Waals surface area contributed by atoms with E-state index in [1.165, 1.54) is 0 Å². The maximum absolute atomic E-state index is 6.34. The maximum Gasteiger partial charge on any atom is 0.157 e. The molecule has 0 spiro atoms. The fraction of sp³-hybridized carbons (Fsp3) is 0.0588. The number of nitrogens with two attached hydrogens (primary N) is 1. The van der Waals surface area contributed by atoms with Gasteiger partial charge in [-0.1, -0.05) is 29.3 Å². The Balaban J connectivity index is 1.96. The lowest BCUT2D eigenvalue weighted by Gasteiger charge is -2.14. The van der Waals surface area contributed by atoms with E-state index < -0.39 is 0 Å². The normalized spacial score (nSPS) is 11.3. The number of aromatic nitrogens is 3. The number of nitrogens with zero attached hydrogens (tertiary/aromatic N) is 3. The first kappa shape index (κ1) is 15.1. The van der Waals surface area contributed by atoms with Crippen molar-refractivity contribution in [1.29, 1.82) is 0 Å². The summed E-state index contributed by atoms with van der Waals surface area (Å²) in [5.41, 5.74) is 10.9. The molecule has 2 heterocycles. The van der Waals surface area contributed by atoms with Crippen molar-refractivity contribution in [3.05, 3.63) is 58.5 Å². The third-order valence-electron chi connectivity index (χ3n) is 3.90. The van der Waals surface area contributed by atoms with Crippen molar-refractivity contribution in [2.24, 2.45) is 0 Å².